The molecule has 7 heteroatoms. The van der Waals surface area contributed by atoms with Gasteiger partial charge in [0.2, 0.25) is 5.91 Å². The van der Waals surface area contributed by atoms with Crippen molar-refractivity contribution in [1.29, 1.82) is 0 Å². The Hall–Kier alpha value is -1.89. The number of nitrogens with one attached hydrogen (secondary N) is 2. The summed E-state index contributed by atoms with van der Waals surface area (Å²) in [6.45, 7) is 1.07. The zero-order valence-electron chi connectivity index (χ0n) is 13.9. The number of amides is 1. The Labute approximate surface area is 154 Å². The second-order valence-corrected chi connectivity index (χ2v) is 8.06. The highest BCUT2D eigenvalue weighted by atomic mass is 35.5. The summed E-state index contributed by atoms with van der Waals surface area (Å²) >= 11 is 0. The van der Waals surface area contributed by atoms with Gasteiger partial charge in [0.15, 0.2) is 9.84 Å². The van der Waals surface area contributed by atoms with E-state index in [1.165, 1.54) is 17.4 Å². The van der Waals surface area contributed by atoms with Crippen LogP contribution in [0.4, 0.5) is 0 Å². The van der Waals surface area contributed by atoms with Gasteiger partial charge in [-0.05, 0) is 35.2 Å². The molecule has 1 heterocycles. The summed E-state index contributed by atoms with van der Waals surface area (Å²) in [5, 5.41) is 6.16. The first-order chi connectivity index (χ1) is 11.4. The zero-order valence-corrected chi connectivity index (χ0v) is 15.5. The van der Waals surface area contributed by atoms with Crippen molar-refractivity contribution in [1.82, 2.24) is 10.6 Å². The van der Waals surface area contributed by atoms with E-state index in [4.69, 9.17) is 0 Å². The molecule has 2 aromatic rings. The van der Waals surface area contributed by atoms with Crippen LogP contribution in [0.5, 0.6) is 0 Å². The number of hydrogen-bond acceptors (Lipinski definition) is 4. The number of carbonyl (C=O) groups excluding carboxylic acids is 1. The van der Waals surface area contributed by atoms with Crippen molar-refractivity contribution in [2.45, 2.75) is 30.4 Å². The molecule has 5 nitrogen and oxygen atoms in total. The van der Waals surface area contributed by atoms with Crippen LogP contribution in [0.1, 0.15) is 16.7 Å². The molecule has 1 amide bonds. The number of sulfone groups is 1. The average Bonchev–Trinajstić information content (AvgIpc) is 2.59. The maximum absolute atomic E-state index is 12.3. The third kappa shape index (κ3) is 4.81. The van der Waals surface area contributed by atoms with E-state index in [0.29, 0.717) is 19.5 Å². The van der Waals surface area contributed by atoms with Crippen molar-refractivity contribution in [3.05, 3.63) is 65.2 Å². The second kappa shape index (κ2) is 7.99. The van der Waals surface area contributed by atoms with Gasteiger partial charge in [-0.1, -0.05) is 36.4 Å². The number of halogens is 1. The van der Waals surface area contributed by atoms with E-state index in [9.17, 15) is 13.2 Å². The molecule has 0 saturated heterocycles. The molecule has 2 N–H and O–H groups in total. The van der Waals surface area contributed by atoms with Crippen molar-refractivity contribution in [3.8, 4) is 0 Å². The fourth-order valence-electron chi connectivity index (χ4n) is 2.81. The summed E-state index contributed by atoms with van der Waals surface area (Å²) in [4.78, 5) is 12.6. The van der Waals surface area contributed by atoms with E-state index in [2.05, 4.69) is 22.8 Å². The highest BCUT2D eigenvalue weighted by Gasteiger charge is 2.23. The smallest absolute Gasteiger partial charge is 0.237 e. The lowest BCUT2D eigenvalue weighted by Gasteiger charge is -2.25. The first kappa shape index (κ1) is 19.4. The molecule has 1 aliphatic heterocycles. The summed E-state index contributed by atoms with van der Waals surface area (Å²) in [7, 11) is -3.19. The highest BCUT2D eigenvalue weighted by Crippen LogP contribution is 2.16. The average molecular weight is 381 g/mol. The summed E-state index contributed by atoms with van der Waals surface area (Å²) in [6.07, 6.45) is 1.85. The van der Waals surface area contributed by atoms with Crippen LogP contribution >= 0.6 is 12.4 Å². The van der Waals surface area contributed by atoms with Gasteiger partial charge in [-0.2, -0.15) is 0 Å². The molecule has 0 radical (unpaired) electrons. The normalized spacial score (nSPS) is 16.4. The minimum absolute atomic E-state index is 0. The lowest BCUT2D eigenvalue weighted by Crippen LogP contribution is -2.47. The molecule has 1 atom stereocenters. The molecule has 1 unspecified atom stereocenters. The van der Waals surface area contributed by atoms with Crippen LogP contribution in [0.25, 0.3) is 0 Å². The van der Waals surface area contributed by atoms with Gasteiger partial charge in [0.25, 0.3) is 0 Å². The number of hydrogen-bond donors (Lipinski definition) is 2. The third-order valence-electron chi connectivity index (χ3n) is 4.22. The van der Waals surface area contributed by atoms with E-state index < -0.39 is 9.84 Å². The van der Waals surface area contributed by atoms with Crippen LogP contribution in [0, 0.1) is 0 Å². The van der Waals surface area contributed by atoms with Crippen LogP contribution in [0.2, 0.25) is 0 Å². The van der Waals surface area contributed by atoms with Crippen LogP contribution in [-0.4, -0.2) is 26.6 Å². The molecule has 0 aromatic heterocycles. The van der Waals surface area contributed by atoms with Gasteiger partial charge in [-0.15, -0.1) is 12.4 Å². The fraction of sp³-hybridized carbons (Fsp3) is 0.278. The molecular weight excluding hydrogens is 360 g/mol. The van der Waals surface area contributed by atoms with Crippen LogP contribution in [0.15, 0.2) is 53.4 Å². The molecule has 2 aromatic carbocycles. The molecule has 134 valence electrons. The minimum atomic E-state index is -3.19. The van der Waals surface area contributed by atoms with Crippen molar-refractivity contribution in [2.75, 3.05) is 6.26 Å². The largest absolute Gasteiger partial charge is 0.351 e. The molecule has 0 saturated carbocycles. The Balaban J connectivity index is 0.00000225. The predicted molar refractivity (Wildman–Crippen MR) is 99.4 cm³/mol. The Kier molecular flexibility index (Phi) is 6.21. The van der Waals surface area contributed by atoms with E-state index in [0.717, 1.165) is 5.56 Å². The maximum atomic E-state index is 12.3. The molecule has 1 aliphatic rings. The molecule has 3 rings (SSSR count). The molecular formula is C18H21ClN2O3S. The minimum Gasteiger partial charge on any atom is -0.351 e. The number of carbonyl (C=O) groups is 1. The van der Waals surface area contributed by atoms with Gasteiger partial charge < -0.3 is 10.6 Å². The van der Waals surface area contributed by atoms with E-state index >= 15 is 0 Å². The van der Waals surface area contributed by atoms with Crippen molar-refractivity contribution < 1.29 is 13.2 Å². The molecule has 0 bridgehead atoms. The van der Waals surface area contributed by atoms with Gasteiger partial charge in [0.05, 0.1) is 10.9 Å². The van der Waals surface area contributed by atoms with Gasteiger partial charge in [0, 0.05) is 19.3 Å². The first-order valence-corrected chi connectivity index (χ1v) is 9.69. The maximum Gasteiger partial charge on any atom is 0.237 e. The quantitative estimate of drug-likeness (QED) is 0.848. The summed E-state index contributed by atoms with van der Waals surface area (Å²) in [5.41, 5.74) is 3.30. The van der Waals surface area contributed by atoms with Gasteiger partial charge in [-0.3, -0.25) is 4.79 Å². The predicted octanol–water partition coefficient (Wildman–Crippen LogP) is 1.84. The molecule has 0 spiro atoms. The molecule has 0 aliphatic carbocycles. The Morgan fingerprint density at radius 3 is 2.40 bits per heavy atom. The number of benzene rings is 2. The standard InChI is InChI=1S/C18H20N2O3S.ClH/c1-24(22,23)16-8-6-13(7-9-16)11-20-18(21)17-10-14-4-2-3-5-15(14)12-19-17;/h2-9,17,19H,10-12H2,1H3,(H,20,21);1H. The summed E-state index contributed by atoms with van der Waals surface area (Å²) in [6, 6.07) is 14.4. The molecule has 25 heavy (non-hydrogen) atoms. The lowest BCUT2D eigenvalue weighted by atomic mass is 9.95. The number of fused-ring (bicyclic) bond motifs is 1. The summed E-state index contributed by atoms with van der Waals surface area (Å²) in [5.74, 6) is -0.0447. The first-order valence-electron chi connectivity index (χ1n) is 7.80. The Bertz CT molecular complexity index is 851. The van der Waals surface area contributed by atoms with Crippen molar-refractivity contribution >= 4 is 28.2 Å². The van der Waals surface area contributed by atoms with Crippen molar-refractivity contribution in [2.24, 2.45) is 0 Å². The third-order valence-corrected chi connectivity index (χ3v) is 5.34. The van der Waals surface area contributed by atoms with Crippen LogP contribution < -0.4 is 10.6 Å². The van der Waals surface area contributed by atoms with Gasteiger partial charge in [0.1, 0.15) is 0 Å². The lowest BCUT2D eigenvalue weighted by molar-refractivity contribution is -0.123. The Morgan fingerprint density at radius 2 is 1.76 bits per heavy atom. The topological polar surface area (TPSA) is 75.3 Å². The molecule has 0 fully saturated rings. The van der Waals surface area contributed by atoms with Gasteiger partial charge in [-0.25, -0.2) is 8.42 Å². The monoisotopic (exact) mass is 380 g/mol. The van der Waals surface area contributed by atoms with E-state index in [1.54, 1.807) is 24.3 Å². The van der Waals surface area contributed by atoms with Crippen LogP contribution in [-0.2, 0) is 34.1 Å². The second-order valence-electron chi connectivity index (χ2n) is 6.04. The number of rotatable bonds is 4. The van der Waals surface area contributed by atoms with Crippen LogP contribution in [0.3, 0.4) is 0 Å². The zero-order chi connectivity index (χ0) is 17.2. The van der Waals surface area contributed by atoms with E-state index in [-0.39, 0.29) is 29.3 Å². The Morgan fingerprint density at radius 1 is 1.12 bits per heavy atom. The SMILES string of the molecule is CS(=O)(=O)c1ccc(CNC(=O)C2Cc3ccccc3CN2)cc1.Cl. The van der Waals surface area contributed by atoms with Gasteiger partial charge >= 0.3 is 0 Å². The fourth-order valence-corrected chi connectivity index (χ4v) is 3.44. The summed E-state index contributed by atoms with van der Waals surface area (Å²) < 4.78 is 22.9. The highest BCUT2D eigenvalue weighted by molar-refractivity contribution is 7.90. The van der Waals surface area contributed by atoms with Crippen molar-refractivity contribution in [3.63, 3.8) is 0 Å². The van der Waals surface area contributed by atoms with E-state index in [1.807, 2.05) is 12.1 Å².